The number of nitrogens with one attached hydrogen (secondary N) is 1. The second-order valence-electron chi connectivity index (χ2n) is 7.69. The summed E-state index contributed by atoms with van der Waals surface area (Å²) in [7, 11) is -1.20. The summed E-state index contributed by atoms with van der Waals surface area (Å²) in [5.74, 6) is 1.33. The number of anilines is 1. The van der Waals surface area contributed by atoms with Crippen LogP contribution in [0, 0.1) is 11.8 Å². The number of hydrogen-bond acceptors (Lipinski definition) is 5. The van der Waals surface area contributed by atoms with E-state index in [0.29, 0.717) is 28.6 Å². The number of nitrogens with zero attached hydrogens (tertiary/aromatic N) is 2. The van der Waals surface area contributed by atoms with Gasteiger partial charge in [0.25, 0.3) is 0 Å². The highest BCUT2D eigenvalue weighted by molar-refractivity contribution is 7.91. The summed E-state index contributed by atoms with van der Waals surface area (Å²) in [6.07, 6.45) is 2.31. The second-order valence-corrected chi connectivity index (χ2v) is 10.6. The maximum atomic E-state index is 12.4. The molecule has 3 aliphatic heterocycles. The van der Waals surface area contributed by atoms with Crippen LogP contribution in [0.3, 0.4) is 0 Å². The van der Waals surface area contributed by atoms with Gasteiger partial charge in [-0.25, -0.2) is 13.1 Å². The van der Waals surface area contributed by atoms with Crippen molar-refractivity contribution < 1.29 is 8.42 Å². The van der Waals surface area contributed by atoms with Gasteiger partial charge in [-0.2, -0.15) is 0 Å². The molecule has 2 bridgehead atoms. The SMILES string of the molecule is CN(C[C@H]1CN2CC[C@H]1C[C@@H]2CNS(=O)(=O)c1cccs1)c1ccccc1. The molecule has 0 aliphatic carbocycles. The minimum Gasteiger partial charge on any atom is -0.374 e. The average molecular weight is 406 g/mol. The van der Waals surface area contributed by atoms with Crippen molar-refractivity contribution in [1.29, 1.82) is 0 Å². The molecule has 27 heavy (non-hydrogen) atoms. The fraction of sp³-hybridized carbons (Fsp3) is 0.500. The number of benzene rings is 1. The summed E-state index contributed by atoms with van der Waals surface area (Å²) in [5.41, 5.74) is 1.26. The highest BCUT2D eigenvalue weighted by Crippen LogP contribution is 2.37. The first-order valence-corrected chi connectivity index (χ1v) is 11.9. The van der Waals surface area contributed by atoms with Gasteiger partial charge in [0.15, 0.2) is 0 Å². The lowest BCUT2D eigenvalue weighted by atomic mass is 9.75. The van der Waals surface area contributed by atoms with E-state index in [1.807, 2.05) is 6.07 Å². The molecule has 0 radical (unpaired) electrons. The van der Waals surface area contributed by atoms with Gasteiger partial charge in [-0.3, -0.25) is 4.90 Å². The van der Waals surface area contributed by atoms with Crippen molar-refractivity contribution in [3.63, 3.8) is 0 Å². The van der Waals surface area contributed by atoms with Crippen LogP contribution in [0.4, 0.5) is 5.69 Å². The number of sulfonamides is 1. The zero-order valence-electron chi connectivity index (χ0n) is 15.6. The molecule has 0 saturated carbocycles. The van der Waals surface area contributed by atoms with Crippen molar-refractivity contribution in [2.75, 3.05) is 38.1 Å². The predicted molar refractivity (Wildman–Crippen MR) is 111 cm³/mol. The van der Waals surface area contributed by atoms with Gasteiger partial charge in [0.2, 0.25) is 10.0 Å². The predicted octanol–water partition coefficient (Wildman–Crippen LogP) is 2.87. The molecule has 3 aliphatic rings. The van der Waals surface area contributed by atoms with Gasteiger partial charge < -0.3 is 4.90 Å². The Hall–Kier alpha value is -1.41. The number of rotatable bonds is 7. The first kappa shape index (κ1) is 18.9. The van der Waals surface area contributed by atoms with Gasteiger partial charge in [0.05, 0.1) is 0 Å². The summed E-state index contributed by atoms with van der Waals surface area (Å²) >= 11 is 1.27. The molecule has 0 amide bonds. The average Bonchev–Trinajstić information content (AvgIpc) is 3.24. The molecule has 1 aromatic carbocycles. The standard InChI is InChI=1S/C20H27N3O2S2/c1-22(18-6-3-2-4-7-18)14-17-15-23-10-9-16(17)12-19(23)13-21-27(24,25)20-8-5-11-26-20/h2-8,11,16-17,19,21H,9-10,12-15H2,1H3/t16-,17-,19+/m0/s1. The van der Waals surface area contributed by atoms with E-state index in [0.717, 1.165) is 26.1 Å². The Morgan fingerprint density at radius 2 is 2.04 bits per heavy atom. The van der Waals surface area contributed by atoms with Gasteiger partial charge in [-0.1, -0.05) is 24.3 Å². The smallest absolute Gasteiger partial charge is 0.250 e. The molecule has 2 aromatic rings. The van der Waals surface area contributed by atoms with Crippen LogP contribution in [-0.4, -0.2) is 52.6 Å². The van der Waals surface area contributed by atoms with Gasteiger partial charge >= 0.3 is 0 Å². The summed E-state index contributed by atoms with van der Waals surface area (Å²) in [4.78, 5) is 4.83. The minimum absolute atomic E-state index is 0.316. The zero-order chi connectivity index (χ0) is 18.9. The molecule has 1 unspecified atom stereocenters. The Labute approximate surface area is 166 Å². The Morgan fingerprint density at radius 1 is 1.22 bits per heavy atom. The van der Waals surface area contributed by atoms with Crippen LogP contribution in [0.1, 0.15) is 12.8 Å². The molecule has 3 saturated heterocycles. The fourth-order valence-corrected chi connectivity index (χ4v) is 6.61. The summed E-state index contributed by atoms with van der Waals surface area (Å²) in [5, 5.41) is 1.80. The van der Waals surface area contributed by atoms with Gasteiger partial charge in [0.1, 0.15) is 4.21 Å². The lowest BCUT2D eigenvalue weighted by Gasteiger charge is -2.50. The van der Waals surface area contributed by atoms with Crippen molar-refractivity contribution in [1.82, 2.24) is 9.62 Å². The third-order valence-electron chi connectivity index (χ3n) is 5.99. The lowest BCUT2D eigenvalue weighted by molar-refractivity contribution is 0.00693. The monoisotopic (exact) mass is 405 g/mol. The van der Waals surface area contributed by atoms with Gasteiger partial charge in [-0.15, -0.1) is 11.3 Å². The third-order valence-corrected chi connectivity index (χ3v) is 8.81. The van der Waals surface area contributed by atoms with Crippen LogP contribution in [0.5, 0.6) is 0 Å². The molecule has 5 nitrogen and oxygen atoms in total. The quantitative estimate of drug-likeness (QED) is 0.770. The van der Waals surface area contributed by atoms with Crippen molar-refractivity contribution in [2.24, 2.45) is 11.8 Å². The number of thiophene rings is 1. The van der Waals surface area contributed by atoms with Crippen LogP contribution >= 0.6 is 11.3 Å². The largest absolute Gasteiger partial charge is 0.374 e. The molecule has 4 heterocycles. The molecule has 1 aromatic heterocycles. The van der Waals surface area contributed by atoms with E-state index < -0.39 is 10.0 Å². The van der Waals surface area contributed by atoms with E-state index in [2.05, 4.69) is 45.8 Å². The summed E-state index contributed by atoms with van der Waals surface area (Å²) in [6, 6.07) is 14.3. The maximum Gasteiger partial charge on any atom is 0.250 e. The topological polar surface area (TPSA) is 52.6 Å². The van der Waals surface area contributed by atoms with E-state index >= 15 is 0 Å². The summed E-state index contributed by atoms with van der Waals surface area (Å²) in [6.45, 7) is 3.71. The number of para-hydroxylation sites is 1. The van der Waals surface area contributed by atoms with Crippen LogP contribution < -0.4 is 9.62 Å². The van der Waals surface area contributed by atoms with Crippen LogP contribution in [0.25, 0.3) is 0 Å². The highest BCUT2D eigenvalue weighted by atomic mass is 32.2. The van der Waals surface area contributed by atoms with Crippen LogP contribution in [-0.2, 0) is 10.0 Å². The highest BCUT2D eigenvalue weighted by Gasteiger charge is 2.40. The van der Waals surface area contributed by atoms with Crippen molar-refractivity contribution in [2.45, 2.75) is 23.1 Å². The first-order valence-electron chi connectivity index (χ1n) is 9.56. The molecule has 7 heteroatoms. The first-order chi connectivity index (χ1) is 13.0. The Morgan fingerprint density at radius 3 is 2.70 bits per heavy atom. The molecule has 3 fully saturated rings. The van der Waals surface area contributed by atoms with E-state index in [1.165, 1.54) is 23.4 Å². The minimum atomic E-state index is -3.37. The molecule has 146 valence electrons. The Kier molecular flexibility index (Phi) is 5.55. The maximum absolute atomic E-state index is 12.4. The normalized spacial score (nSPS) is 27.6. The van der Waals surface area contributed by atoms with Crippen LogP contribution in [0.2, 0.25) is 0 Å². The van der Waals surface area contributed by atoms with E-state index in [9.17, 15) is 8.42 Å². The van der Waals surface area contributed by atoms with E-state index in [4.69, 9.17) is 0 Å². The number of hydrogen-bond donors (Lipinski definition) is 1. The summed E-state index contributed by atoms with van der Waals surface area (Å²) < 4.78 is 28.0. The van der Waals surface area contributed by atoms with Crippen LogP contribution in [0.15, 0.2) is 52.1 Å². The molecule has 4 atom stereocenters. The van der Waals surface area contributed by atoms with Crippen molar-refractivity contribution in [3.05, 3.63) is 47.8 Å². The van der Waals surface area contributed by atoms with E-state index in [-0.39, 0.29) is 0 Å². The van der Waals surface area contributed by atoms with Crippen molar-refractivity contribution in [3.8, 4) is 0 Å². The molecule has 1 N–H and O–H groups in total. The second kappa shape index (κ2) is 7.91. The third kappa shape index (κ3) is 4.21. The Bertz CT molecular complexity index is 839. The number of fused-ring (bicyclic) bond motifs is 3. The molecular weight excluding hydrogens is 378 g/mol. The van der Waals surface area contributed by atoms with Crippen molar-refractivity contribution >= 4 is 27.0 Å². The zero-order valence-corrected chi connectivity index (χ0v) is 17.3. The van der Waals surface area contributed by atoms with E-state index in [1.54, 1.807) is 17.5 Å². The molecular formula is C20H27N3O2S2. The Balaban J connectivity index is 1.34. The molecule has 5 rings (SSSR count). The molecule has 0 spiro atoms. The fourth-order valence-electron chi connectivity index (χ4n) is 4.50. The van der Waals surface area contributed by atoms with Gasteiger partial charge in [0, 0.05) is 38.4 Å². The lowest BCUT2D eigenvalue weighted by Crippen LogP contribution is -2.58. The number of piperidine rings is 3. The van der Waals surface area contributed by atoms with Gasteiger partial charge in [-0.05, 0) is 54.8 Å².